The number of carbonyl (C=O) groups is 2. The summed E-state index contributed by atoms with van der Waals surface area (Å²) in [5.74, 6) is 0.575. The van der Waals surface area contributed by atoms with Crippen LogP contribution in [0.2, 0.25) is 0 Å². The smallest absolute Gasteiger partial charge is 0.262 e. The first-order valence-electron chi connectivity index (χ1n) is 10.6. The normalized spacial score (nSPS) is 18.5. The van der Waals surface area contributed by atoms with E-state index in [-0.39, 0.29) is 23.8 Å². The molecule has 0 fully saturated rings. The van der Waals surface area contributed by atoms with Crippen molar-refractivity contribution in [1.82, 2.24) is 14.5 Å². The quantitative estimate of drug-likeness (QED) is 0.627. The number of rotatable bonds is 4. The van der Waals surface area contributed by atoms with Crippen molar-refractivity contribution >= 4 is 22.6 Å². The Morgan fingerprint density at radius 2 is 1.72 bits per heavy atom. The standard InChI is InChI=1S/C25H27N3O4/c1-15-23(30)27(14-16-10-12-17(32-5)13-11-16)20(21(29)25(2,3)4)22-26-19-9-7-6-8-18(19)24(31)28(15)22/h6-13,15,20H,14H2,1-5H3/t15-,20-/m0/s1. The highest BCUT2D eigenvalue weighted by Gasteiger charge is 2.45. The fourth-order valence-corrected chi connectivity index (χ4v) is 4.11. The van der Waals surface area contributed by atoms with E-state index >= 15 is 0 Å². The minimum atomic E-state index is -0.960. The van der Waals surface area contributed by atoms with Crippen molar-refractivity contribution in [3.05, 3.63) is 70.3 Å². The van der Waals surface area contributed by atoms with Crippen LogP contribution >= 0.6 is 0 Å². The molecule has 4 rings (SSSR count). The van der Waals surface area contributed by atoms with Gasteiger partial charge >= 0.3 is 0 Å². The lowest BCUT2D eigenvalue weighted by molar-refractivity contribution is -0.149. The van der Waals surface area contributed by atoms with Crippen molar-refractivity contribution in [2.75, 3.05) is 7.11 Å². The molecule has 0 unspecified atom stereocenters. The number of ether oxygens (including phenoxy) is 1. The average molecular weight is 434 g/mol. The molecule has 2 aromatic carbocycles. The number of para-hydroxylation sites is 1. The van der Waals surface area contributed by atoms with E-state index < -0.39 is 17.5 Å². The summed E-state index contributed by atoms with van der Waals surface area (Å²) in [6.45, 7) is 7.34. The lowest BCUT2D eigenvalue weighted by atomic mass is 9.84. The van der Waals surface area contributed by atoms with Gasteiger partial charge in [0.1, 0.15) is 23.7 Å². The van der Waals surface area contributed by atoms with Crippen molar-refractivity contribution in [2.24, 2.45) is 5.41 Å². The van der Waals surface area contributed by atoms with Gasteiger partial charge in [0, 0.05) is 12.0 Å². The predicted molar refractivity (Wildman–Crippen MR) is 121 cm³/mol. The maximum Gasteiger partial charge on any atom is 0.262 e. The van der Waals surface area contributed by atoms with Gasteiger partial charge in [0.2, 0.25) is 5.91 Å². The highest BCUT2D eigenvalue weighted by Crippen LogP contribution is 2.36. The number of carbonyl (C=O) groups excluding carboxylic acids is 2. The monoisotopic (exact) mass is 433 g/mol. The third kappa shape index (κ3) is 3.57. The molecule has 0 bridgehead atoms. The number of nitrogens with zero attached hydrogens (tertiary/aromatic N) is 3. The number of aromatic nitrogens is 2. The van der Waals surface area contributed by atoms with Crippen molar-refractivity contribution < 1.29 is 14.3 Å². The molecule has 3 aromatic rings. The van der Waals surface area contributed by atoms with E-state index in [1.165, 1.54) is 4.57 Å². The minimum Gasteiger partial charge on any atom is -0.497 e. The van der Waals surface area contributed by atoms with Gasteiger partial charge in [-0.1, -0.05) is 45.0 Å². The summed E-state index contributed by atoms with van der Waals surface area (Å²) in [7, 11) is 1.59. The lowest BCUT2D eigenvalue weighted by Crippen LogP contribution is -2.53. The Morgan fingerprint density at radius 1 is 1.06 bits per heavy atom. The molecular weight excluding hydrogens is 406 g/mol. The Morgan fingerprint density at radius 3 is 2.34 bits per heavy atom. The molecule has 1 aliphatic rings. The van der Waals surface area contributed by atoms with Gasteiger partial charge in [-0.15, -0.1) is 0 Å². The third-order valence-corrected chi connectivity index (χ3v) is 5.92. The molecule has 7 nitrogen and oxygen atoms in total. The van der Waals surface area contributed by atoms with Crippen molar-refractivity contribution in [1.29, 1.82) is 0 Å². The minimum absolute atomic E-state index is 0.165. The fourth-order valence-electron chi connectivity index (χ4n) is 4.11. The van der Waals surface area contributed by atoms with Crippen LogP contribution in [-0.2, 0) is 16.1 Å². The summed E-state index contributed by atoms with van der Waals surface area (Å²) in [4.78, 5) is 46.7. The first-order chi connectivity index (χ1) is 15.1. The highest BCUT2D eigenvalue weighted by molar-refractivity contribution is 5.95. The Kier molecular flexibility index (Phi) is 5.36. The second-order valence-electron chi connectivity index (χ2n) is 9.17. The molecule has 1 amide bonds. The van der Waals surface area contributed by atoms with E-state index in [2.05, 4.69) is 0 Å². The van der Waals surface area contributed by atoms with E-state index in [4.69, 9.17) is 9.72 Å². The average Bonchev–Trinajstić information content (AvgIpc) is 2.77. The third-order valence-electron chi connectivity index (χ3n) is 5.92. The van der Waals surface area contributed by atoms with Crippen LogP contribution < -0.4 is 10.3 Å². The molecule has 2 heterocycles. The number of benzene rings is 2. The molecular formula is C25H27N3O4. The molecule has 0 aliphatic carbocycles. The molecule has 7 heteroatoms. The predicted octanol–water partition coefficient (Wildman–Crippen LogP) is 3.66. The van der Waals surface area contributed by atoms with Crippen LogP contribution in [0, 0.1) is 5.41 Å². The summed E-state index contributed by atoms with van der Waals surface area (Å²) in [5.41, 5.74) is 0.330. The molecule has 0 saturated heterocycles. The molecule has 2 atom stereocenters. The first-order valence-corrected chi connectivity index (χ1v) is 10.6. The van der Waals surface area contributed by atoms with Gasteiger partial charge in [-0.2, -0.15) is 0 Å². The molecule has 1 aromatic heterocycles. The molecule has 166 valence electrons. The Balaban J connectivity index is 1.91. The number of hydrogen-bond donors (Lipinski definition) is 0. The second kappa shape index (κ2) is 7.89. The van der Waals surface area contributed by atoms with Crippen LogP contribution in [-0.4, -0.2) is 33.3 Å². The highest BCUT2D eigenvalue weighted by atomic mass is 16.5. The van der Waals surface area contributed by atoms with Crippen LogP contribution in [0.3, 0.4) is 0 Å². The van der Waals surface area contributed by atoms with Gasteiger partial charge in [0.25, 0.3) is 5.56 Å². The van der Waals surface area contributed by atoms with E-state index in [0.29, 0.717) is 22.5 Å². The van der Waals surface area contributed by atoms with E-state index in [0.717, 1.165) is 5.56 Å². The topological polar surface area (TPSA) is 81.5 Å². The summed E-state index contributed by atoms with van der Waals surface area (Å²) >= 11 is 0. The lowest BCUT2D eigenvalue weighted by Gasteiger charge is -2.41. The molecule has 1 aliphatic heterocycles. The first kappa shape index (κ1) is 21.7. The van der Waals surface area contributed by atoms with Crippen LogP contribution in [0.1, 0.15) is 51.2 Å². The number of fused-ring (bicyclic) bond motifs is 2. The summed E-state index contributed by atoms with van der Waals surface area (Å²) < 4.78 is 6.61. The number of hydrogen-bond acceptors (Lipinski definition) is 5. The maximum absolute atomic E-state index is 13.6. The van der Waals surface area contributed by atoms with E-state index in [9.17, 15) is 14.4 Å². The van der Waals surface area contributed by atoms with Gasteiger partial charge in [-0.25, -0.2) is 4.98 Å². The van der Waals surface area contributed by atoms with Crippen LogP contribution in [0.25, 0.3) is 10.9 Å². The SMILES string of the molecule is COc1ccc(CN2C(=O)[C@H](C)n3c(nc4ccccc4c3=O)[C@@H]2C(=O)C(C)(C)C)cc1. The zero-order chi connectivity index (χ0) is 23.2. The summed E-state index contributed by atoms with van der Waals surface area (Å²) in [6.07, 6.45) is 0. The number of methoxy groups -OCH3 is 1. The number of amides is 1. The van der Waals surface area contributed by atoms with Gasteiger partial charge in [-0.3, -0.25) is 19.0 Å². The molecule has 0 spiro atoms. The van der Waals surface area contributed by atoms with Gasteiger partial charge in [0.15, 0.2) is 5.78 Å². The van der Waals surface area contributed by atoms with E-state index in [1.807, 2.05) is 45.0 Å². The van der Waals surface area contributed by atoms with Crippen LogP contribution in [0.5, 0.6) is 5.75 Å². The fraction of sp³-hybridized carbons (Fsp3) is 0.360. The van der Waals surface area contributed by atoms with Crippen LogP contribution in [0.15, 0.2) is 53.3 Å². The zero-order valence-corrected chi connectivity index (χ0v) is 19.0. The van der Waals surface area contributed by atoms with Crippen LogP contribution in [0.4, 0.5) is 0 Å². The van der Waals surface area contributed by atoms with Crippen molar-refractivity contribution in [3.63, 3.8) is 0 Å². The molecule has 32 heavy (non-hydrogen) atoms. The Labute approximate surface area is 186 Å². The molecule has 0 N–H and O–H groups in total. The maximum atomic E-state index is 13.6. The van der Waals surface area contributed by atoms with Gasteiger partial charge in [0.05, 0.1) is 18.0 Å². The van der Waals surface area contributed by atoms with Crippen molar-refractivity contribution in [3.8, 4) is 5.75 Å². The number of ketones is 1. The molecule has 0 radical (unpaired) electrons. The largest absolute Gasteiger partial charge is 0.497 e. The molecule has 0 saturated carbocycles. The summed E-state index contributed by atoms with van der Waals surface area (Å²) in [5, 5.41) is 0.432. The second-order valence-corrected chi connectivity index (χ2v) is 9.17. The Bertz CT molecular complexity index is 1250. The zero-order valence-electron chi connectivity index (χ0n) is 19.0. The summed E-state index contributed by atoms with van der Waals surface area (Å²) in [6, 6.07) is 12.7. The van der Waals surface area contributed by atoms with Gasteiger partial charge in [-0.05, 0) is 36.8 Å². The number of Topliss-reactive ketones (excluding diaryl/α,β-unsaturated/α-hetero) is 1. The van der Waals surface area contributed by atoms with Crippen molar-refractivity contribution in [2.45, 2.75) is 46.3 Å². The Hall–Kier alpha value is -3.48. The van der Waals surface area contributed by atoms with E-state index in [1.54, 1.807) is 43.2 Å². The van der Waals surface area contributed by atoms with Gasteiger partial charge < -0.3 is 9.64 Å².